The summed E-state index contributed by atoms with van der Waals surface area (Å²) >= 11 is 0. The summed E-state index contributed by atoms with van der Waals surface area (Å²) in [4.78, 5) is 13.0. The number of aromatic hydroxyl groups is 1. The predicted octanol–water partition coefficient (Wildman–Crippen LogP) is 4.36. The number of hydrogen-bond donors (Lipinski definition) is 3. The Bertz CT molecular complexity index is 1380. The van der Waals surface area contributed by atoms with Crippen LogP contribution in [0.15, 0.2) is 52.7 Å². The average Bonchev–Trinajstić information content (AvgIpc) is 3.52. The predicted molar refractivity (Wildman–Crippen MR) is 129 cm³/mol. The summed E-state index contributed by atoms with van der Waals surface area (Å²) in [5.41, 5.74) is 2.21. The molecule has 3 N–H and O–H groups in total. The molecule has 13 heteroatoms. The summed E-state index contributed by atoms with van der Waals surface area (Å²) in [5, 5.41) is 34.7. The summed E-state index contributed by atoms with van der Waals surface area (Å²) in [5.74, 6) is -0.187. The number of aromatic amines is 1. The molecular weight excluding hydrogens is 489 g/mol. The monoisotopic (exact) mass is 512 g/mol. The molecule has 3 aromatic rings. The number of carbonyl (C=O) groups excluding carboxylic acids is 1. The van der Waals surface area contributed by atoms with Crippen LogP contribution < -0.4 is 10.4 Å². The van der Waals surface area contributed by atoms with Crippen LogP contribution in [0.2, 0.25) is 0 Å². The number of phenols is 1. The first-order valence-corrected chi connectivity index (χ1v) is 11.7. The lowest BCUT2D eigenvalue weighted by atomic mass is 9.68. The number of carbonyl (C=O) groups is 1. The van der Waals surface area contributed by atoms with Crippen molar-refractivity contribution in [2.45, 2.75) is 50.6 Å². The van der Waals surface area contributed by atoms with Crippen molar-refractivity contribution < 1.29 is 23.1 Å². The molecule has 5 rings (SSSR count). The SMILES string of the molecule is CC1=NN(c2cccc(C(F)(F)F)c2)C(=O)C1=NNc1cccc(C2(c3nnn[nH]3)CCCCC2)c1O. The zero-order valence-electron chi connectivity index (χ0n) is 19.7. The number of phenolic OH excluding ortho intramolecular Hbond substituents is 1. The van der Waals surface area contributed by atoms with E-state index in [1.165, 1.54) is 19.1 Å². The molecule has 1 fully saturated rings. The van der Waals surface area contributed by atoms with Crippen molar-refractivity contribution >= 4 is 28.7 Å². The largest absolute Gasteiger partial charge is 0.505 e. The van der Waals surface area contributed by atoms with Gasteiger partial charge in [0.2, 0.25) is 0 Å². The fourth-order valence-electron chi connectivity index (χ4n) is 4.90. The lowest BCUT2D eigenvalue weighted by Gasteiger charge is -2.36. The number of hydrogen-bond acceptors (Lipinski definition) is 8. The fraction of sp³-hybridized carbons (Fsp3) is 0.333. The molecule has 0 saturated heterocycles. The minimum atomic E-state index is -4.56. The Morgan fingerprint density at radius 3 is 2.59 bits per heavy atom. The minimum Gasteiger partial charge on any atom is -0.505 e. The number of H-pyrrole nitrogens is 1. The van der Waals surface area contributed by atoms with Gasteiger partial charge in [-0.3, -0.25) is 10.2 Å². The highest BCUT2D eigenvalue weighted by Crippen LogP contribution is 2.48. The van der Waals surface area contributed by atoms with E-state index in [2.05, 4.69) is 36.3 Å². The Labute approximate surface area is 209 Å². The van der Waals surface area contributed by atoms with E-state index in [-0.39, 0.29) is 28.5 Å². The van der Waals surface area contributed by atoms with E-state index in [9.17, 15) is 23.1 Å². The molecule has 2 aliphatic rings. The minimum absolute atomic E-state index is 0.0332. The topological polar surface area (TPSA) is 132 Å². The number of halogens is 3. The molecule has 1 amide bonds. The van der Waals surface area contributed by atoms with Crippen molar-refractivity contribution in [1.82, 2.24) is 20.6 Å². The molecule has 0 bridgehead atoms. The van der Waals surface area contributed by atoms with Crippen molar-refractivity contribution in [2.75, 3.05) is 10.4 Å². The molecular formula is C24H23F3N8O2. The number of amides is 1. The molecule has 10 nitrogen and oxygen atoms in total. The highest BCUT2D eigenvalue weighted by Gasteiger charge is 2.41. The number of benzene rings is 2. The van der Waals surface area contributed by atoms with Gasteiger partial charge in [-0.05, 0) is 54.5 Å². The number of tetrazole rings is 1. The number of hydrazone groups is 2. The second-order valence-corrected chi connectivity index (χ2v) is 9.02. The fourth-order valence-corrected chi connectivity index (χ4v) is 4.90. The van der Waals surface area contributed by atoms with Gasteiger partial charge in [-0.15, -0.1) is 5.10 Å². The number of para-hydroxylation sites is 1. The molecule has 37 heavy (non-hydrogen) atoms. The molecule has 0 unspecified atom stereocenters. The lowest BCUT2D eigenvalue weighted by molar-refractivity contribution is -0.137. The molecule has 1 saturated carbocycles. The van der Waals surface area contributed by atoms with Crippen molar-refractivity contribution in [1.29, 1.82) is 0 Å². The van der Waals surface area contributed by atoms with Crippen LogP contribution in [-0.2, 0) is 16.4 Å². The quantitative estimate of drug-likeness (QED) is 0.344. The van der Waals surface area contributed by atoms with Gasteiger partial charge in [0, 0.05) is 5.56 Å². The summed E-state index contributed by atoms with van der Waals surface area (Å²) in [6.45, 7) is 1.52. The van der Waals surface area contributed by atoms with E-state index >= 15 is 0 Å². The first-order chi connectivity index (χ1) is 17.7. The van der Waals surface area contributed by atoms with Crippen molar-refractivity contribution in [2.24, 2.45) is 10.2 Å². The first kappa shape index (κ1) is 24.4. The van der Waals surface area contributed by atoms with Crippen LogP contribution in [0.4, 0.5) is 24.5 Å². The maximum Gasteiger partial charge on any atom is 0.416 e. The van der Waals surface area contributed by atoms with Crippen molar-refractivity contribution in [3.8, 4) is 5.75 Å². The molecule has 2 aromatic carbocycles. The Kier molecular flexibility index (Phi) is 6.13. The van der Waals surface area contributed by atoms with Crippen LogP contribution in [0, 0.1) is 0 Å². The molecule has 2 heterocycles. The Morgan fingerprint density at radius 2 is 1.89 bits per heavy atom. The van der Waals surface area contributed by atoms with Gasteiger partial charge in [0.1, 0.15) is 5.75 Å². The number of alkyl halides is 3. The molecule has 1 aliphatic heterocycles. The molecule has 0 spiro atoms. The van der Waals surface area contributed by atoms with Crippen LogP contribution in [0.3, 0.4) is 0 Å². The van der Waals surface area contributed by atoms with Crippen LogP contribution in [0.5, 0.6) is 5.75 Å². The van der Waals surface area contributed by atoms with E-state index in [4.69, 9.17) is 0 Å². The van der Waals surface area contributed by atoms with E-state index in [1.54, 1.807) is 12.1 Å². The van der Waals surface area contributed by atoms with Crippen LogP contribution in [-0.4, -0.2) is 43.1 Å². The smallest absolute Gasteiger partial charge is 0.416 e. The van der Waals surface area contributed by atoms with E-state index in [0.717, 1.165) is 49.2 Å². The van der Waals surface area contributed by atoms with Crippen LogP contribution in [0.1, 0.15) is 56.0 Å². The van der Waals surface area contributed by atoms with Gasteiger partial charge >= 0.3 is 12.1 Å². The molecule has 0 radical (unpaired) electrons. The van der Waals surface area contributed by atoms with E-state index in [1.807, 2.05) is 6.07 Å². The second-order valence-electron chi connectivity index (χ2n) is 9.02. The number of nitrogens with zero attached hydrogens (tertiary/aromatic N) is 6. The highest BCUT2D eigenvalue weighted by molar-refractivity contribution is 6.71. The number of aromatic nitrogens is 4. The molecule has 1 aromatic heterocycles. The average molecular weight is 512 g/mol. The number of anilines is 2. The zero-order valence-corrected chi connectivity index (χ0v) is 19.7. The maximum absolute atomic E-state index is 13.1. The van der Waals surface area contributed by atoms with E-state index < -0.39 is 23.1 Å². The zero-order chi connectivity index (χ0) is 26.2. The van der Waals surface area contributed by atoms with Gasteiger partial charge in [-0.25, -0.2) is 5.10 Å². The van der Waals surface area contributed by atoms with Gasteiger partial charge in [0.05, 0.1) is 28.1 Å². The summed E-state index contributed by atoms with van der Waals surface area (Å²) in [7, 11) is 0. The van der Waals surface area contributed by atoms with Gasteiger partial charge in [0.15, 0.2) is 11.5 Å². The number of nitrogens with one attached hydrogen (secondary N) is 2. The van der Waals surface area contributed by atoms with Crippen molar-refractivity contribution in [3.05, 3.63) is 59.4 Å². The maximum atomic E-state index is 13.1. The third-order valence-corrected chi connectivity index (χ3v) is 6.75. The van der Waals surface area contributed by atoms with Gasteiger partial charge < -0.3 is 5.11 Å². The first-order valence-electron chi connectivity index (χ1n) is 11.7. The molecule has 1 aliphatic carbocycles. The summed E-state index contributed by atoms with van der Waals surface area (Å²) in [6.07, 6.45) is -0.128. The van der Waals surface area contributed by atoms with Crippen molar-refractivity contribution in [3.63, 3.8) is 0 Å². The van der Waals surface area contributed by atoms with Gasteiger partial charge in [0.25, 0.3) is 0 Å². The van der Waals surface area contributed by atoms with Crippen LogP contribution in [0.25, 0.3) is 0 Å². The Balaban J connectivity index is 1.43. The Morgan fingerprint density at radius 1 is 1.14 bits per heavy atom. The van der Waals surface area contributed by atoms with E-state index in [0.29, 0.717) is 11.4 Å². The van der Waals surface area contributed by atoms with Crippen LogP contribution >= 0.6 is 0 Å². The third-order valence-electron chi connectivity index (χ3n) is 6.75. The number of rotatable bonds is 5. The highest BCUT2D eigenvalue weighted by atomic mass is 19.4. The normalized spacial score (nSPS) is 18.8. The van der Waals surface area contributed by atoms with Gasteiger partial charge in [-0.2, -0.15) is 28.4 Å². The standard InChI is InChI=1S/C24H23F3N8O2/c1-14-19(21(37)35(32-14)16-8-5-7-15(13-16)24(25,26)27)29-28-18-10-6-9-17(20(18)36)23(11-3-2-4-12-23)22-30-33-34-31-22/h5-10,13,28,36H,2-4,11-12H2,1H3,(H,30,31,33,34). The molecule has 192 valence electrons. The Hall–Kier alpha value is -4.29. The summed E-state index contributed by atoms with van der Waals surface area (Å²) < 4.78 is 39.4. The second kappa shape index (κ2) is 9.30. The summed E-state index contributed by atoms with van der Waals surface area (Å²) in [6, 6.07) is 9.50. The van der Waals surface area contributed by atoms with Gasteiger partial charge in [-0.1, -0.05) is 37.5 Å². The lowest BCUT2D eigenvalue weighted by Crippen LogP contribution is -2.32. The third kappa shape index (κ3) is 4.41. The molecule has 0 atom stereocenters.